The number of hydrogen-bond donors (Lipinski definition) is 4. The van der Waals surface area contributed by atoms with Gasteiger partial charge < -0.3 is 34.7 Å². The highest BCUT2D eigenvalue weighted by Gasteiger charge is 2.47. The predicted molar refractivity (Wildman–Crippen MR) is 126 cm³/mol. The largest absolute Gasteiger partial charge is 0.471 e. The topological polar surface area (TPSA) is 139 Å². The second kappa shape index (κ2) is 10.4. The van der Waals surface area contributed by atoms with Gasteiger partial charge in [0.15, 0.2) is 5.65 Å². The van der Waals surface area contributed by atoms with Gasteiger partial charge in [0.2, 0.25) is 5.88 Å². The lowest BCUT2D eigenvalue weighted by Gasteiger charge is -2.17. The van der Waals surface area contributed by atoms with E-state index in [1.54, 1.807) is 0 Å². The molecule has 0 bridgehead atoms. The highest BCUT2D eigenvalue weighted by molar-refractivity contribution is 6.32. The van der Waals surface area contributed by atoms with Crippen molar-refractivity contribution < 1.29 is 38.0 Å². The summed E-state index contributed by atoms with van der Waals surface area (Å²) in [5, 5.41) is 21.7. The van der Waals surface area contributed by atoms with E-state index in [-0.39, 0.29) is 59.4 Å². The third-order valence-corrected chi connectivity index (χ3v) is 6.75. The van der Waals surface area contributed by atoms with Gasteiger partial charge in [-0.2, -0.15) is 9.97 Å². The Bertz CT molecular complexity index is 1300. The van der Waals surface area contributed by atoms with Gasteiger partial charge in [-0.15, -0.1) is 0 Å². The third kappa shape index (κ3) is 5.33. The molecule has 2 aliphatic rings. The number of nitrogens with zero attached hydrogens (tertiary/aromatic N) is 2. The van der Waals surface area contributed by atoms with Crippen molar-refractivity contribution in [2.45, 2.75) is 50.8 Å². The molecule has 2 fully saturated rings. The van der Waals surface area contributed by atoms with E-state index in [0.29, 0.717) is 11.9 Å². The Morgan fingerprint density at radius 2 is 2.05 bits per heavy atom. The number of aromatic nitrogens is 3. The Hall–Kier alpha value is -3.06. The average molecular weight is 539 g/mol. The number of aliphatic hydroxyl groups excluding tert-OH is 2. The van der Waals surface area contributed by atoms with Crippen molar-refractivity contribution in [3.05, 3.63) is 46.0 Å². The molecule has 3 heterocycles. The fraction of sp³-hybridized carbons (Fsp3) is 0.458. The van der Waals surface area contributed by atoms with Gasteiger partial charge in [-0.25, -0.2) is 8.78 Å². The van der Waals surface area contributed by atoms with Crippen LogP contribution in [0.15, 0.2) is 18.2 Å². The highest BCUT2D eigenvalue weighted by atomic mass is 35.5. The number of carbonyl (C=O) groups excluding carboxylic acids is 1. The minimum Gasteiger partial charge on any atom is -0.471 e. The molecule has 1 aliphatic carbocycles. The fourth-order valence-electron chi connectivity index (χ4n) is 4.60. The van der Waals surface area contributed by atoms with Crippen LogP contribution in [0.4, 0.5) is 8.78 Å². The van der Waals surface area contributed by atoms with Crippen LogP contribution >= 0.6 is 11.6 Å². The number of carbonyl (C=O) groups is 1. The molecule has 3 aromatic rings. The predicted octanol–water partition coefficient (Wildman–Crippen LogP) is 2.50. The summed E-state index contributed by atoms with van der Waals surface area (Å²) in [7, 11) is 0. The molecule has 37 heavy (non-hydrogen) atoms. The number of hydrogen-bond acceptors (Lipinski definition) is 8. The van der Waals surface area contributed by atoms with Crippen LogP contribution in [0.3, 0.4) is 0 Å². The van der Waals surface area contributed by atoms with Crippen LogP contribution in [-0.2, 0) is 11.3 Å². The van der Waals surface area contributed by atoms with Crippen LogP contribution in [0, 0.1) is 17.6 Å². The molecule has 1 saturated carbocycles. The summed E-state index contributed by atoms with van der Waals surface area (Å²) >= 11 is 6.26. The fourth-order valence-corrected chi connectivity index (χ4v) is 4.80. The van der Waals surface area contributed by atoms with E-state index in [1.165, 1.54) is 13.0 Å². The molecule has 10 nitrogen and oxygen atoms in total. The molecular weight excluding hydrogens is 514 g/mol. The normalized spacial score (nSPS) is 23.7. The molecule has 1 aromatic carbocycles. The smallest absolute Gasteiger partial charge is 0.296 e. The van der Waals surface area contributed by atoms with Gasteiger partial charge in [-0.1, -0.05) is 11.6 Å². The molecule has 1 aliphatic heterocycles. The third-order valence-electron chi connectivity index (χ3n) is 6.48. The number of nitrogens with one attached hydrogen (secondary N) is 2. The first kappa shape index (κ1) is 25.6. The number of fused-ring (bicyclic) bond motifs is 2. The van der Waals surface area contributed by atoms with Crippen molar-refractivity contribution in [1.29, 1.82) is 0 Å². The maximum Gasteiger partial charge on any atom is 0.296 e. The van der Waals surface area contributed by atoms with E-state index in [0.717, 1.165) is 18.6 Å². The van der Waals surface area contributed by atoms with Gasteiger partial charge in [-0.3, -0.25) is 4.79 Å². The summed E-state index contributed by atoms with van der Waals surface area (Å²) in [6, 6.07) is 3.48. The Morgan fingerprint density at radius 1 is 1.30 bits per heavy atom. The van der Waals surface area contributed by atoms with Crippen molar-refractivity contribution in [3.8, 4) is 11.9 Å². The first-order valence-corrected chi connectivity index (χ1v) is 12.2. The van der Waals surface area contributed by atoms with Crippen LogP contribution in [0.5, 0.6) is 11.9 Å². The lowest BCUT2D eigenvalue weighted by molar-refractivity contribution is 0.0135. The lowest BCUT2D eigenvalue weighted by atomic mass is 10.0. The molecule has 5 atom stereocenters. The number of pyridine rings is 1. The van der Waals surface area contributed by atoms with Crippen LogP contribution in [-0.4, -0.2) is 68.6 Å². The Kier molecular flexibility index (Phi) is 7.17. The lowest BCUT2D eigenvalue weighted by Crippen LogP contribution is -2.30. The molecular formula is C24H25ClF2N4O6. The molecule has 0 spiro atoms. The van der Waals surface area contributed by atoms with E-state index in [1.807, 2.05) is 0 Å². The zero-order valence-corrected chi connectivity index (χ0v) is 20.5. The molecule has 5 rings (SSSR count). The molecule has 4 N–H and O–H groups in total. The highest BCUT2D eigenvalue weighted by Crippen LogP contribution is 2.38. The zero-order valence-electron chi connectivity index (χ0n) is 19.7. The first-order valence-electron chi connectivity index (χ1n) is 11.8. The number of rotatable bonds is 8. The minimum atomic E-state index is -0.982. The number of ether oxygens (including phenoxy) is 3. The molecule has 1 amide bonds. The first-order chi connectivity index (χ1) is 17.7. The van der Waals surface area contributed by atoms with E-state index in [9.17, 15) is 23.8 Å². The van der Waals surface area contributed by atoms with Gasteiger partial charge in [-0.05, 0) is 38.0 Å². The number of amides is 1. The number of halogens is 3. The monoisotopic (exact) mass is 538 g/mol. The van der Waals surface area contributed by atoms with Crippen LogP contribution in [0.1, 0.15) is 35.7 Å². The average Bonchev–Trinajstić information content (AvgIpc) is 3.53. The standard InChI is InChI=1S/C24H25ClF2N4O6/c1-10(32)7-28-22(34)11-4-15(26)13(16(27)5-11)8-36-23-14(25)6-17-21(30-23)31-24(29-17)37-19-3-2-12-18(33)9-35-20(12)19/h4-6,10,12,18-20,32-33H,2-3,7-9H2,1H3,(H,28,34)(H,29,30,31)/t10-,12?,18-,19-,20+/m1/s1. The Morgan fingerprint density at radius 3 is 2.78 bits per heavy atom. The van der Waals surface area contributed by atoms with Crippen molar-refractivity contribution >= 4 is 28.7 Å². The minimum absolute atomic E-state index is 0.0374. The van der Waals surface area contributed by atoms with Crippen molar-refractivity contribution in [1.82, 2.24) is 20.3 Å². The quantitative estimate of drug-likeness (QED) is 0.343. The Labute approximate surface area is 214 Å². The second-order valence-electron chi connectivity index (χ2n) is 9.22. The van der Waals surface area contributed by atoms with E-state index < -0.39 is 41.9 Å². The summed E-state index contributed by atoms with van der Waals surface area (Å²) in [6.45, 7) is 1.16. The SMILES string of the molecule is C[C@@H](O)CNC(=O)c1cc(F)c(COc2nc3nc(O[C@@H]4CCC5[C@H](O)CO[C@@H]54)[nH]c3cc2Cl)c(F)c1. The van der Waals surface area contributed by atoms with Crippen LogP contribution < -0.4 is 14.8 Å². The van der Waals surface area contributed by atoms with Gasteiger partial charge >= 0.3 is 0 Å². The molecule has 0 radical (unpaired) electrons. The molecule has 13 heteroatoms. The zero-order chi connectivity index (χ0) is 26.3. The van der Waals surface area contributed by atoms with Gasteiger partial charge in [0, 0.05) is 18.0 Å². The van der Waals surface area contributed by atoms with E-state index >= 15 is 0 Å². The number of benzene rings is 1. The van der Waals surface area contributed by atoms with E-state index in [4.69, 9.17) is 25.8 Å². The summed E-state index contributed by atoms with van der Waals surface area (Å²) in [6.07, 6.45) is -0.268. The summed E-state index contributed by atoms with van der Waals surface area (Å²) in [5.41, 5.74) is 0.0550. The summed E-state index contributed by atoms with van der Waals surface area (Å²) in [4.78, 5) is 23.6. The van der Waals surface area contributed by atoms with Crippen LogP contribution in [0.25, 0.3) is 11.2 Å². The maximum absolute atomic E-state index is 14.6. The molecule has 1 saturated heterocycles. The van der Waals surface area contributed by atoms with Gasteiger partial charge in [0.1, 0.15) is 29.4 Å². The summed E-state index contributed by atoms with van der Waals surface area (Å²) in [5.74, 6) is -2.74. The summed E-state index contributed by atoms with van der Waals surface area (Å²) < 4.78 is 46.2. The van der Waals surface area contributed by atoms with Crippen molar-refractivity contribution in [2.24, 2.45) is 5.92 Å². The number of aromatic amines is 1. The molecule has 198 valence electrons. The van der Waals surface area contributed by atoms with E-state index in [2.05, 4.69) is 20.3 Å². The van der Waals surface area contributed by atoms with Crippen LogP contribution in [0.2, 0.25) is 5.02 Å². The second-order valence-corrected chi connectivity index (χ2v) is 9.62. The molecule has 2 aromatic heterocycles. The molecule has 1 unspecified atom stereocenters. The van der Waals surface area contributed by atoms with Gasteiger partial charge in [0.05, 0.1) is 36.0 Å². The maximum atomic E-state index is 14.6. The van der Waals surface area contributed by atoms with Crippen molar-refractivity contribution in [3.63, 3.8) is 0 Å². The Balaban J connectivity index is 1.27. The number of imidazole rings is 1. The number of H-pyrrole nitrogens is 1. The number of aliphatic hydroxyl groups is 2. The van der Waals surface area contributed by atoms with Gasteiger partial charge in [0.25, 0.3) is 11.9 Å². The van der Waals surface area contributed by atoms with Crippen molar-refractivity contribution in [2.75, 3.05) is 13.2 Å².